The topological polar surface area (TPSA) is 35.4 Å². The second-order valence-electron chi connectivity index (χ2n) is 1.10. The van der Waals surface area contributed by atoms with Crippen LogP contribution in [0.15, 0.2) is 4.99 Å². The maximum Gasteiger partial charge on any atom is 0.0275 e. The van der Waals surface area contributed by atoms with Crippen LogP contribution < -0.4 is 5.11 Å². The molecule has 3 heteroatoms. The Morgan fingerprint density at radius 3 is 2.14 bits per heavy atom. The Hall–Kier alpha value is 0.149. The van der Waals surface area contributed by atoms with Crippen molar-refractivity contribution in [1.29, 1.82) is 0 Å². The Morgan fingerprint density at radius 2 is 2.14 bits per heavy atom. The Labute approximate surface area is 54.1 Å². The molecule has 43 valence electrons. The van der Waals surface area contributed by atoms with Crippen molar-refractivity contribution in [3.05, 3.63) is 0 Å². The number of hydrogen-bond acceptors (Lipinski definition) is 2. The average molecular weight is 141 g/mol. The summed E-state index contributed by atoms with van der Waals surface area (Å²) in [6, 6.07) is 0. The Morgan fingerprint density at radius 1 is 1.71 bits per heavy atom. The fourth-order valence-corrected chi connectivity index (χ4v) is 0.0645. The largest absolute Gasteiger partial charge is 0.850 e. The molecule has 0 spiro atoms. The molecule has 0 aliphatic carbocycles. The van der Waals surface area contributed by atoms with Crippen LogP contribution in [0.2, 0.25) is 0 Å². The van der Waals surface area contributed by atoms with Gasteiger partial charge in [0.15, 0.2) is 0 Å². The third-order valence-electron chi connectivity index (χ3n) is 0.591. The van der Waals surface area contributed by atoms with Crippen molar-refractivity contribution in [3.8, 4) is 0 Å². The van der Waals surface area contributed by atoms with E-state index in [1.807, 2.05) is 0 Å². The van der Waals surface area contributed by atoms with Crippen molar-refractivity contribution in [1.82, 2.24) is 0 Å². The van der Waals surface area contributed by atoms with Gasteiger partial charge in [0.1, 0.15) is 0 Å². The second kappa shape index (κ2) is 6.15. The van der Waals surface area contributed by atoms with Crippen molar-refractivity contribution >= 4 is 5.71 Å². The molecule has 0 aromatic rings. The first kappa shape index (κ1) is 10.2. The zero-order valence-electron chi connectivity index (χ0n) is 4.44. The molecule has 7 heavy (non-hydrogen) atoms. The van der Waals surface area contributed by atoms with E-state index in [2.05, 4.69) is 4.99 Å². The first-order chi connectivity index (χ1) is 2.81. The summed E-state index contributed by atoms with van der Waals surface area (Å²) >= 11 is 0. The predicted octanol–water partition coefficient (Wildman–Crippen LogP) is -0.565. The minimum atomic E-state index is -0.170. The first-order valence-electron chi connectivity index (χ1n) is 1.81. The minimum absolute atomic E-state index is 0. The zero-order chi connectivity index (χ0) is 4.99. The normalized spacial score (nSPS) is 10.4. The molecule has 0 saturated carbocycles. The quantitative estimate of drug-likeness (QED) is 0.356. The summed E-state index contributed by atoms with van der Waals surface area (Å²) in [6.45, 7) is 1.55. The van der Waals surface area contributed by atoms with Gasteiger partial charge in [0.25, 0.3) is 0 Å². The maximum atomic E-state index is 9.73. The second-order valence-corrected chi connectivity index (χ2v) is 1.10. The molecule has 0 rings (SSSR count). The molecule has 0 aromatic heterocycles. The Balaban J connectivity index is 0. The molecule has 0 atom stereocenters. The molecule has 0 aliphatic rings. The fourth-order valence-electron chi connectivity index (χ4n) is 0.0645. The molecule has 2 nitrogen and oxygen atoms in total. The third kappa shape index (κ3) is 6.15. The van der Waals surface area contributed by atoms with E-state index in [1.165, 1.54) is 0 Å². The molecule has 0 aliphatic heterocycles. The van der Waals surface area contributed by atoms with Crippen molar-refractivity contribution in [3.63, 3.8) is 0 Å². The zero-order valence-corrected chi connectivity index (χ0v) is 5.62. The van der Waals surface area contributed by atoms with Gasteiger partial charge < -0.3 is 5.11 Å². The van der Waals surface area contributed by atoms with Gasteiger partial charge in [-0.3, -0.25) is 4.99 Å². The number of rotatable bonds is 1. The van der Waals surface area contributed by atoms with Crippen LogP contribution >= 0.6 is 0 Å². The number of aliphatic imine (C=N–C) groups is 1. The Bertz CT molecular complexity index is 62.7. The number of nitrogens with zero attached hydrogens (tertiary/aromatic N) is 1. The summed E-state index contributed by atoms with van der Waals surface area (Å²) in [5.41, 5.74) is 0.662. The van der Waals surface area contributed by atoms with Crippen molar-refractivity contribution in [2.24, 2.45) is 4.99 Å². The van der Waals surface area contributed by atoms with Gasteiger partial charge in [0.2, 0.25) is 0 Å². The summed E-state index contributed by atoms with van der Waals surface area (Å²) in [5, 5.41) is 9.73. The average Bonchev–Trinajstić information content (AvgIpc) is 1.65. The summed E-state index contributed by atoms with van der Waals surface area (Å²) in [7, 11) is 1.62. The predicted molar refractivity (Wildman–Crippen MR) is 23.9 cm³/mol. The van der Waals surface area contributed by atoms with Gasteiger partial charge in [0.05, 0.1) is 0 Å². The summed E-state index contributed by atoms with van der Waals surface area (Å²) in [4.78, 5) is 3.61. The Kier molecular flexibility index (Phi) is 8.96. The summed E-state index contributed by atoms with van der Waals surface area (Å²) in [6.07, 6.45) is 0. The van der Waals surface area contributed by atoms with Crippen LogP contribution in [0, 0.1) is 0 Å². The van der Waals surface area contributed by atoms with Crippen LogP contribution in [0.4, 0.5) is 0 Å². The van der Waals surface area contributed by atoms with Crippen molar-refractivity contribution in [2.45, 2.75) is 6.92 Å². The van der Waals surface area contributed by atoms with E-state index in [9.17, 15) is 5.11 Å². The van der Waals surface area contributed by atoms with E-state index < -0.39 is 0 Å². The van der Waals surface area contributed by atoms with Gasteiger partial charge in [-0.1, -0.05) is 0 Å². The standard InChI is InChI=1S/C4H8NO.Mn/c1-4(3-6)5-2;/h3H2,1-2H3;/q-1;. The summed E-state index contributed by atoms with van der Waals surface area (Å²) in [5.74, 6) is 0. The van der Waals surface area contributed by atoms with Crippen LogP contribution in [0.3, 0.4) is 0 Å². The van der Waals surface area contributed by atoms with Gasteiger partial charge in [-0.05, 0) is 12.6 Å². The molecule has 0 saturated heterocycles. The molecular formula is C4H8MnNO-. The number of hydrogen-bond donors (Lipinski definition) is 0. The van der Waals surface area contributed by atoms with Crippen molar-refractivity contribution < 1.29 is 22.2 Å². The first-order valence-corrected chi connectivity index (χ1v) is 1.81. The SMILES string of the molecule is CN=C(C)C[O-].[Mn]. The van der Waals surface area contributed by atoms with E-state index in [0.29, 0.717) is 5.71 Å². The molecule has 0 amide bonds. The van der Waals surface area contributed by atoms with Crippen molar-refractivity contribution in [2.75, 3.05) is 13.7 Å². The summed E-state index contributed by atoms with van der Waals surface area (Å²) < 4.78 is 0. The van der Waals surface area contributed by atoms with E-state index >= 15 is 0 Å². The molecule has 0 unspecified atom stereocenters. The molecule has 0 bridgehead atoms. The van der Waals surface area contributed by atoms with Gasteiger partial charge in [-0.2, -0.15) is 0 Å². The van der Waals surface area contributed by atoms with E-state index in [0.717, 1.165) is 0 Å². The van der Waals surface area contributed by atoms with E-state index in [-0.39, 0.29) is 23.7 Å². The monoisotopic (exact) mass is 141 g/mol. The molecule has 0 aromatic carbocycles. The van der Waals surface area contributed by atoms with Gasteiger partial charge in [-0.15, -0.1) is 6.61 Å². The molecular weight excluding hydrogens is 133 g/mol. The maximum absolute atomic E-state index is 9.73. The molecule has 0 heterocycles. The smallest absolute Gasteiger partial charge is 0.0275 e. The molecule has 0 N–H and O–H groups in total. The minimum Gasteiger partial charge on any atom is -0.850 e. The van der Waals surface area contributed by atoms with Crippen LogP contribution in [0.5, 0.6) is 0 Å². The van der Waals surface area contributed by atoms with E-state index in [1.54, 1.807) is 14.0 Å². The van der Waals surface area contributed by atoms with Crippen LogP contribution in [0.1, 0.15) is 6.92 Å². The van der Waals surface area contributed by atoms with Crippen LogP contribution in [-0.2, 0) is 17.1 Å². The van der Waals surface area contributed by atoms with Gasteiger partial charge >= 0.3 is 0 Å². The van der Waals surface area contributed by atoms with Gasteiger partial charge in [-0.25, -0.2) is 0 Å². The van der Waals surface area contributed by atoms with Crippen LogP contribution in [0.25, 0.3) is 0 Å². The molecule has 0 fully saturated rings. The third-order valence-corrected chi connectivity index (χ3v) is 0.591. The van der Waals surface area contributed by atoms with Crippen LogP contribution in [-0.4, -0.2) is 19.4 Å². The molecule has 1 radical (unpaired) electrons. The van der Waals surface area contributed by atoms with Gasteiger partial charge in [0, 0.05) is 24.1 Å². The fraction of sp³-hybridized carbons (Fsp3) is 0.750. The van der Waals surface area contributed by atoms with E-state index in [4.69, 9.17) is 0 Å².